The maximum Gasteiger partial charge on any atom is 0.0945 e. The van der Waals surface area contributed by atoms with E-state index >= 15 is 0 Å². The second-order valence-electron chi connectivity index (χ2n) is 5.11. The lowest BCUT2D eigenvalue weighted by Gasteiger charge is -2.31. The molecule has 1 aromatic rings. The Morgan fingerprint density at radius 3 is 2.76 bits per heavy atom. The summed E-state index contributed by atoms with van der Waals surface area (Å²) in [5.74, 6) is 0.922. The lowest BCUT2D eigenvalue weighted by molar-refractivity contribution is 0.169. The van der Waals surface area contributed by atoms with Crippen molar-refractivity contribution >= 4 is 0 Å². The minimum Gasteiger partial charge on any atom is -0.337 e. The number of likely N-dealkylation sites (tertiary alicyclic amines) is 1. The zero-order valence-corrected chi connectivity index (χ0v) is 11.0. The zero-order valence-electron chi connectivity index (χ0n) is 11.0. The number of rotatable bonds is 5. The number of piperidine rings is 1. The van der Waals surface area contributed by atoms with Crippen LogP contribution in [0.2, 0.25) is 0 Å². The Morgan fingerprint density at radius 2 is 2.18 bits per heavy atom. The Kier molecular flexibility index (Phi) is 4.57. The van der Waals surface area contributed by atoms with Crippen molar-refractivity contribution in [1.82, 2.24) is 19.8 Å². The third kappa shape index (κ3) is 3.54. The highest BCUT2D eigenvalue weighted by atomic mass is 15.2. The van der Waals surface area contributed by atoms with E-state index in [0.717, 1.165) is 19.0 Å². The number of imidazole rings is 1. The van der Waals surface area contributed by atoms with E-state index in [1.54, 1.807) is 0 Å². The number of nitrogens with one attached hydrogen (secondary N) is 1. The van der Waals surface area contributed by atoms with Gasteiger partial charge in [0.1, 0.15) is 0 Å². The van der Waals surface area contributed by atoms with Gasteiger partial charge in [-0.05, 0) is 51.9 Å². The Balaban J connectivity index is 1.74. The molecule has 4 nitrogen and oxygen atoms in total. The molecular weight excluding hydrogens is 212 g/mol. The van der Waals surface area contributed by atoms with Gasteiger partial charge in [-0.15, -0.1) is 0 Å². The SMILES string of the molecule is CNCCC1CCN(Cc2cncn2C)CC1. The topological polar surface area (TPSA) is 33.1 Å². The molecule has 4 heteroatoms. The van der Waals surface area contributed by atoms with Gasteiger partial charge in [0.05, 0.1) is 12.0 Å². The Morgan fingerprint density at radius 1 is 1.41 bits per heavy atom. The van der Waals surface area contributed by atoms with Gasteiger partial charge in [-0.25, -0.2) is 4.98 Å². The van der Waals surface area contributed by atoms with Gasteiger partial charge in [-0.3, -0.25) is 4.90 Å². The molecule has 0 aromatic carbocycles. The molecule has 0 radical (unpaired) electrons. The second-order valence-corrected chi connectivity index (χ2v) is 5.11. The van der Waals surface area contributed by atoms with E-state index in [-0.39, 0.29) is 0 Å². The maximum absolute atomic E-state index is 4.17. The van der Waals surface area contributed by atoms with Gasteiger partial charge < -0.3 is 9.88 Å². The first-order valence-corrected chi connectivity index (χ1v) is 6.61. The average molecular weight is 236 g/mol. The van der Waals surface area contributed by atoms with Crippen LogP contribution in [-0.4, -0.2) is 41.1 Å². The third-order valence-corrected chi connectivity index (χ3v) is 3.81. The van der Waals surface area contributed by atoms with E-state index in [2.05, 4.69) is 26.8 Å². The monoisotopic (exact) mass is 236 g/mol. The van der Waals surface area contributed by atoms with E-state index < -0.39 is 0 Å². The van der Waals surface area contributed by atoms with Crippen LogP contribution in [0.3, 0.4) is 0 Å². The lowest BCUT2D eigenvalue weighted by atomic mass is 9.93. The van der Waals surface area contributed by atoms with Gasteiger partial charge >= 0.3 is 0 Å². The first-order chi connectivity index (χ1) is 8.29. The van der Waals surface area contributed by atoms with Crippen molar-refractivity contribution in [3.63, 3.8) is 0 Å². The van der Waals surface area contributed by atoms with Gasteiger partial charge in [0.25, 0.3) is 0 Å². The van der Waals surface area contributed by atoms with Gasteiger partial charge in [0.2, 0.25) is 0 Å². The van der Waals surface area contributed by atoms with E-state index in [9.17, 15) is 0 Å². The van der Waals surface area contributed by atoms with Crippen molar-refractivity contribution in [2.75, 3.05) is 26.7 Å². The summed E-state index contributed by atoms with van der Waals surface area (Å²) in [6.45, 7) is 4.68. The fourth-order valence-electron chi connectivity index (χ4n) is 2.55. The highest BCUT2D eigenvalue weighted by molar-refractivity contribution is 4.97. The molecule has 1 aliphatic heterocycles. The van der Waals surface area contributed by atoms with E-state index in [1.807, 2.05) is 19.6 Å². The molecular formula is C13H24N4. The Hall–Kier alpha value is -0.870. The first-order valence-electron chi connectivity index (χ1n) is 6.61. The first kappa shape index (κ1) is 12.6. The van der Waals surface area contributed by atoms with Crippen molar-refractivity contribution in [3.05, 3.63) is 18.2 Å². The van der Waals surface area contributed by atoms with Gasteiger partial charge in [0.15, 0.2) is 0 Å². The molecule has 2 heterocycles. The molecule has 17 heavy (non-hydrogen) atoms. The van der Waals surface area contributed by atoms with Crippen LogP contribution in [0.25, 0.3) is 0 Å². The number of hydrogen-bond acceptors (Lipinski definition) is 3. The minimum atomic E-state index is 0.922. The number of aromatic nitrogens is 2. The molecule has 1 N–H and O–H groups in total. The summed E-state index contributed by atoms with van der Waals surface area (Å²) in [5, 5.41) is 3.24. The quantitative estimate of drug-likeness (QED) is 0.835. The van der Waals surface area contributed by atoms with E-state index in [1.165, 1.54) is 38.0 Å². The van der Waals surface area contributed by atoms with Crippen LogP contribution in [0.1, 0.15) is 25.0 Å². The molecule has 1 aliphatic rings. The van der Waals surface area contributed by atoms with Crippen LogP contribution < -0.4 is 5.32 Å². The molecule has 1 aromatic heterocycles. The Labute approximate surface area is 104 Å². The molecule has 0 amide bonds. The molecule has 0 saturated carbocycles. The standard InChI is InChI=1S/C13H24N4/c1-14-6-3-12-4-7-17(8-5-12)10-13-9-15-11-16(13)2/h9,11-12,14H,3-8,10H2,1-2H3. The number of hydrogen-bond donors (Lipinski definition) is 1. The molecule has 0 aliphatic carbocycles. The highest BCUT2D eigenvalue weighted by Gasteiger charge is 2.19. The van der Waals surface area contributed by atoms with Crippen molar-refractivity contribution in [1.29, 1.82) is 0 Å². The summed E-state index contributed by atoms with van der Waals surface area (Å²) in [7, 11) is 4.11. The van der Waals surface area contributed by atoms with Crippen LogP contribution >= 0.6 is 0 Å². The molecule has 0 atom stereocenters. The van der Waals surface area contributed by atoms with E-state index in [0.29, 0.717) is 0 Å². The van der Waals surface area contributed by atoms with Gasteiger partial charge in [0, 0.05) is 19.8 Å². The largest absolute Gasteiger partial charge is 0.337 e. The Bertz CT molecular complexity index is 326. The van der Waals surface area contributed by atoms with Crippen molar-refractivity contribution in [3.8, 4) is 0 Å². The van der Waals surface area contributed by atoms with Crippen molar-refractivity contribution in [2.24, 2.45) is 13.0 Å². The summed E-state index contributed by atoms with van der Waals surface area (Å²) < 4.78 is 2.12. The molecule has 96 valence electrons. The van der Waals surface area contributed by atoms with Crippen LogP contribution in [0, 0.1) is 5.92 Å². The van der Waals surface area contributed by atoms with E-state index in [4.69, 9.17) is 0 Å². The van der Waals surface area contributed by atoms with Crippen LogP contribution in [0.4, 0.5) is 0 Å². The molecule has 1 saturated heterocycles. The summed E-state index contributed by atoms with van der Waals surface area (Å²) in [5.41, 5.74) is 1.32. The highest BCUT2D eigenvalue weighted by Crippen LogP contribution is 2.21. The summed E-state index contributed by atoms with van der Waals surface area (Å²) >= 11 is 0. The van der Waals surface area contributed by atoms with Gasteiger partial charge in [-0.2, -0.15) is 0 Å². The summed E-state index contributed by atoms with van der Waals surface area (Å²) in [6, 6.07) is 0. The minimum absolute atomic E-state index is 0.922. The van der Waals surface area contributed by atoms with Crippen LogP contribution in [0.5, 0.6) is 0 Å². The molecule has 1 fully saturated rings. The molecule has 0 unspecified atom stereocenters. The van der Waals surface area contributed by atoms with Crippen molar-refractivity contribution in [2.45, 2.75) is 25.8 Å². The van der Waals surface area contributed by atoms with Crippen LogP contribution in [-0.2, 0) is 13.6 Å². The van der Waals surface area contributed by atoms with Crippen molar-refractivity contribution < 1.29 is 0 Å². The zero-order chi connectivity index (χ0) is 12.1. The number of nitrogens with zero attached hydrogens (tertiary/aromatic N) is 3. The predicted octanol–water partition coefficient (Wildman–Crippen LogP) is 1.24. The second kappa shape index (κ2) is 6.17. The fourth-order valence-corrected chi connectivity index (χ4v) is 2.55. The van der Waals surface area contributed by atoms with Crippen LogP contribution in [0.15, 0.2) is 12.5 Å². The number of aryl methyl sites for hydroxylation is 1. The average Bonchev–Trinajstić information content (AvgIpc) is 2.74. The summed E-state index contributed by atoms with van der Waals surface area (Å²) in [6.07, 6.45) is 7.89. The maximum atomic E-state index is 4.17. The molecule has 2 rings (SSSR count). The summed E-state index contributed by atoms with van der Waals surface area (Å²) in [4.78, 5) is 6.72. The molecule has 0 bridgehead atoms. The molecule has 0 spiro atoms. The van der Waals surface area contributed by atoms with Gasteiger partial charge in [-0.1, -0.05) is 0 Å². The normalized spacial score (nSPS) is 18.7. The fraction of sp³-hybridized carbons (Fsp3) is 0.769. The third-order valence-electron chi connectivity index (χ3n) is 3.81. The predicted molar refractivity (Wildman–Crippen MR) is 69.8 cm³/mol. The smallest absolute Gasteiger partial charge is 0.0945 e. The lowest BCUT2D eigenvalue weighted by Crippen LogP contribution is -2.34.